The van der Waals surface area contributed by atoms with Gasteiger partial charge in [0, 0.05) is 0 Å². The van der Waals surface area contributed by atoms with Crippen LogP contribution in [-0.2, 0) is 11.3 Å². The fraction of sp³-hybridized carbons (Fsp3) is 0.750. The third kappa shape index (κ3) is 1.58. The quantitative estimate of drug-likeness (QED) is 0.777. The summed E-state index contributed by atoms with van der Waals surface area (Å²) in [6, 6.07) is 0. The van der Waals surface area contributed by atoms with E-state index in [0.29, 0.717) is 12.4 Å². The standard InChI is InChI=1S/C8H13N3OS/c1-8(3-2-4-13-8)7-11-10-6(5-9)12-7/h2-5,9H2,1H3. The van der Waals surface area contributed by atoms with Crippen molar-refractivity contribution >= 4 is 11.8 Å². The number of rotatable bonds is 2. The molecule has 4 nitrogen and oxygen atoms in total. The molecule has 0 spiro atoms. The fourth-order valence-corrected chi connectivity index (χ4v) is 2.73. The molecule has 0 aliphatic carbocycles. The van der Waals surface area contributed by atoms with Crippen LogP contribution in [0.4, 0.5) is 0 Å². The van der Waals surface area contributed by atoms with Gasteiger partial charge >= 0.3 is 0 Å². The first-order valence-corrected chi connectivity index (χ1v) is 5.40. The minimum absolute atomic E-state index is 0.0282. The van der Waals surface area contributed by atoms with Crippen LogP contribution in [0.1, 0.15) is 31.5 Å². The van der Waals surface area contributed by atoms with Gasteiger partial charge in [-0.1, -0.05) is 0 Å². The lowest BCUT2D eigenvalue weighted by Crippen LogP contribution is -2.13. The van der Waals surface area contributed by atoms with Crippen molar-refractivity contribution in [2.24, 2.45) is 5.73 Å². The minimum atomic E-state index is 0.0282. The van der Waals surface area contributed by atoms with Crippen molar-refractivity contribution in [3.05, 3.63) is 11.8 Å². The van der Waals surface area contributed by atoms with E-state index >= 15 is 0 Å². The van der Waals surface area contributed by atoms with Crippen LogP contribution in [0.2, 0.25) is 0 Å². The molecule has 1 fully saturated rings. The summed E-state index contributed by atoms with van der Waals surface area (Å²) >= 11 is 1.88. The second-order valence-electron chi connectivity index (χ2n) is 3.39. The summed E-state index contributed by atoms with van der Waals surface area (Å²) < 4.78 is 5.48. The van der Waals surface area contributed by atoms with Gasteiger partial charge < -0.3 is 10.2 Å². The molecule has 5 heteroatoms. The van der Waals surface area contributed by atoms with Crippen molar-refractivity contribution in [1.82, 2.24) is 10.2 Å². The molecule has 13 heavy (non-hydrogen) atoms. The van der Waals surface area contributed by atoms with Gasteiger partial charge in [-0.25, -0.2) is 0 Å². The highest BCUT2D eigenvalue weighted by molar-refractivity contribution is 8.00. The predicted octanol–water partition coefficient (Wildman–Crippen LogP) is 1.27. The summed E-state index contributed by atoms with van der Waals surface area (Å²) in [6.07, 6.45) is 2.34. The highest BCUT2D eigenvalue weighted by atomic mass is 32.2. The molecule has 0 bridgehead atoms. The normalized spacial score (nSPS) is 28.2. The van der Waals surface area contributed by atoms with Crippen LogP contribution in [0.3, 0.4) is 0 Å². The molecular formula is C8H13N3OS. The predicted molar refractivity (Wildman–Crippen MR) is 51.2 cm³/mol. The summed E-state index contributed by atoms with van der Waals surface area (Å²) in [5, 5.41) is 7.89. The Morgan fingerprint density at radius 2 is 2.46 bits per heavy atom. The average Bonchev–Trinajstić information content (AvgIpc) is 2.72. The van der Waals surface area contributed by atoms with E-state index in [1.54, 1.807) is 0 Å². The van der Waals surface area contributed by atoms with Crippen LogP contribution in [0.5, 0.6) is 0 Å². The summed E-state index contributed by atoms with van der Waals surface area (Å²) in [6.45, 7) is 2.48. The van der Waals surface area contributed by atoms with Gasteiger partial charge in [0.1, 0.15) is 0 Å². The monoisotopic (exact) mass is 199 g/mol. The molecule has 2 heterocycles. The third-order valence-electron chi connectivity index (χ3n) is 2.31. The SMILES string of the molecule is CC1(c2nnc(CN)o2)CCCS1. The summed E-state index contributed by atoms with van der Waals surface area (Å²) in [5.74, 6) is 2.44. The Morgan fingerprint density at radius 1 is 1.62 bits per heavy atom. The van der Waals surface area contributed by atoms with Crippen LogP contribution in [0.25, 0.3) is 0 Å². The molecular weight excluding hydrogens is 186 g/mol. The van der Waals surface area contributed by atoms with Crippen LogP contribution >= 0.6 is 11.8 Å². The van der Waals surface area contributed by atoms with Crippen molar-refractivity contribution in [2.75, 3.05) is 5.75 Å². The number of nitrogens with zero attached hydrogens (tertiary/aromatic N) is 2. The van der Waals surface area contributed by atoms with Gasteiger partial charge in [0.25, 0.3) is 0 Å². The van der Waals surface area contributed by atoms with E-state index in [9.17, 15) is 0 Å². The summed E-state index contributed by atoms with van der Waals surface area (Å²) in [5.41, 5.74) is 5.40. The summed E-state index contributed by atoms with van der Waals surface area (Å²) in [4.78, 5) is 0. The molecule has 1 aromatic rings. The van der Waals surface area contributed by atoms with Crippen molar-refractivity contribution < 1.29 is 4.42 Å². The Balaban J connectivity index is 2.23. The largest absolute Gasteiger partial charge is 0.422 e. The Kier molecular flexibility index (Phi) is 2.29. The van der Waals surface area contributed by atoms with Crippen molar-refractivity contribution in [3.63, 3.8) is 0 Å². The van der Waals surface area contributed by atoms with Gasteiger partial charge in [0.05, 0.1) is 11.3 Å². The van der Waals surface area contributed by atoms with E-state index < -0.39 is 0 Å². The molecule has 1 aliphatic heterocycles. The summed E-state index contributed by atoms with van der Waals surface area (Å²) in [7, 11) is 0. The molecule has 1 aromatic heterocycles. The van der Waals surface area contributed by atoms with E-state index in [1.807, 2.05) is 11.8 Å². The molecule has 2 rings (SSSR count). The maximum Gasteiger partial charge on any atom is 0.232 e. The van der Waals surface area contributed by atoms with Crippen LogP contribution < -0.4 is 5.73 Å². The van der Waals surface area contributed by atoms with Gasteiger partial charge in [-0.2, -0.15) is 0 Å². The van der Waals surface area contributed by atoms with Crippen molar-refractivity contribution in [3.8, 4) is 0 Å². The Hall–Kier alpha value is -0.550. The van der Waals surface area contributed by atoms with Crippen LogP contribution in [0.15, 0.2) is 4.42 Å². The van der Waals surface area contributed by atoms with E-state index in [4.69, 9.17) is 10.2 Å². The van der Waals surface area contributed by atoms with Crippen LogP contribution in [-0.4, -0.2) is 16.0 Å². The second-order valence-corrected chi connectivity index (χ2v) is 4.99. The van der Waals surface area contributed by atoms with E-state index in [2.05, 4.69) is 17.1 Å². The highest BCUT2D eigenvalue weighted by Gasteiger charge is 2.36. The van der Waals surface area contributed by atoms with Crippen molar-refractivity contribution in [2.45, 2.75) is 31.1 Å². The molecule has 1 atom stereocenters. The Labute approximate surface area is 81.3 Å². The number of hydrogen-bond donors (Lipinski definition) is 1. The lowest BCUT2D eigenvalue weighted by atomic mass is 10.1. The van der Waals surface area contributed by atoms with Gasteiger partial charge in [-0.3, -0.25) is 0 Å². The first-order chi connectivity index (χ1) is 6.24. The molecule has 0 radical (unpaired) electrons. The van der Waals surface area contributed by atoms with Gasteiger partial charge in [-0.15, -0.1) is 22.0 Å². The lowest BCUT2D eigenvalue weighted by Gasteiger charge is -2.16. The van der Waals surface area contributed by atoms with Crippen molar-refractivity contribution in [1.29, 1.82) is 0 Å². The first kappa shape index (κ1) is 9.02. The molecule has 1 saturated heterocycles. The van der Waals surface area contributed by atoms with E-state index in [0.717, 1.165) is 12.3 Å². The number of aromatic nitrogens is 2. The van der Waals surface area contributed by atoms with E-state index in [-0.39, 0.29) is 4.75 Å². The Bertz CT molecular complexity index is 293. The molecule has 2 N–H and O–H groups in total. The molecule has 1 unspecified atom stereocenters. The Morgan fingerprint density at radius 3 is 3.00 bits per heavy atom. The molecule has 0 aromatic carbocycles. The lowest BCUT2D eigenvalue weighted by molar-refractivity contribution is 0.402. The topological polar surface area (TPSA) is 64.9 Å². The molecule has 1 aliphatic rings. The first-order valence-electron chi connectivity index (χ1n) is 4.41. The average molecular weight is 199 g/mol. The molecule has 72 valence electrons. The zero-order valence-electron chi connectivity index (χ0n) is 7.62. The smallest absolute Gasteiger partial charge is 0.232 e. The number of nitrogens with two attached hydrogens (primary N) is 1. The molecule has 0 amide bonds. The number of thioether (sulfide) groups is 1. The zero-order chi connectivity index (χ0) is 9.31. The minimum Gasteiger partial charge on any atom is -0.422 e. The fourth-order valence-electron chi connectivity index (χ4n) is 1.50. The van der Waals surface area contributed by atoms with E-state index in [1.165, 1.54) is 12.2 Å². The third-order valence-corrected chi connectivity index (χ3v) is 3.82. The highest BCUT2D eigenvalue weighted by Crippen LogP contribution is 2.45. The van der Waals surface area contributed by atoms with Gasteiger partial charge in [0.2, 0.25) is 11.8 Å². The number of hydrogen-bond acceptors (Lipinski definition) is 5. The van der Waals surface area contributed by atoms with Crippen LogP contribution in [0, 0.1) is 0 Å². The second kappa shape index (κ2) is 3.31. The van der Waals surface area contributed by atoms with Gasteiger partial charge in [0.15, 0.2) is 0 Å². The maximum absolute atomic E-state index is 5.45. The maximum atomic E-state index is 5.45. The molecule has 0 saturated carbocycles. The van der Waals surface area contributed by atoms with Gasteiger partial charge in [-0.05, 0) is 25.5 Å². The zero-order valence-corrected chi connectivity index (χ0v) is 8.43.